The van der Waals surface area contributed by atoms with Crippen LogP contribution in [0.3, 0.4) is 0 Å². The molecule has 0 aliphatic carbocycles. The van der Waals surface area contributed by atoms with Gasteiger partial charge < -0.3 is 4.74 Å². The lowest BCUT2D eigenvalue weighted by molar-refractivity contribution is -0.130. The van der Waals surface area contributed by atoms with Crippen molar-refractivity contribution in [2.75, 3.05) is 0 Å². The molecule has 4 aromatic rings. The van der Waals surface area contributed by atoms with Gasteiger partial charge >= 0.3 is 5.97 Å². The Morgan fingerprint density at radius 2 is 1.54 bits per heavy atom. The number of thiophene rings is 1. The number of cyclic esters (lactones) is 1. The number of carbonyl (C=O) groups excluding carboxylic acids is 1. The lowest BCUT2D eigenvalue weighted by atomic mass is 9.95. The van der Waals surface area contributed by atoms with E-state index in [2.05, 4.69) is 30.3 Å². The molecular formula is C23H14O2S. The predicted octanol–water partition coefficient (Wildman–Crippen LogP) is 6.04. The molecule has 0 saturated carbocycles. The number of carbonyl (C=O) groups is 1. The normalized spacial score (nSPS) is 15.6. The molecular weight excluding hydrogens is 340 g/mol. The van der Waals surface area contributed by atoms with Crippen molar-refractivity contribution in [3.63, 3.8) is 0 Å². The van der Waals surface area contributed by atoms with Crippen LogP contribution in [0.1, 0.15) is 10.4 Å². The molecule has 1 aromatic heterocycles. The van der Waals surface area contributed by atoms with Gasteiger partial charge in [0, 0.05) is 0 Å². The molecule has 0 saturated heterocycles. The van der Waals surface area contributed by atoms with Crippen molar-refractivity contribution in [3.05, 3.63) is 94.2 Å². The number of rotatable bonds is 2. The third-order valence-corrected chi connectivity index (χ3v) is 5.49. The number of fused-ring (bicyclic) bond motifs is 2. The summed E-state index contributed by atoms with van der Waals surface area (Å²) < 4.78 is 5.48. The van der Waals surface area contributed by atoms with E-state index in [1.807, 2.05) is 53.9 Å². The SMILES string of the molecule is O=C1OC(c2cccs2)=C/C1=C\c1c2ccccc2cc2ccccc12. The van der Waals surface area contributed by atoms with Gasteiger partial charge in [-0.15, -0.1) is 11.3 Å². The monoisotopic (exact) mass is 354 g/mol. The second-order valence-corrected chi connectivity index (χ2v) is 7.16. The smallest absolute Gasteiger partial charge is 0.343 e. The Hall–Kier alpha value is -3.17. The van der Waals surface area contributed by atoms with E-state index in [0.717, 1.165) is 32.0 Å². The largest absolute Gasteiger partial charge is 0.421 e. The lowest BCUT2D eigenvalue weighted by Gasteiger charge is -2.08. The Kier molecular flexibility index (Phi) is 3.47. The van der Waals surface area contributed by atoms with Gasteiger partial charge in [-0.3, -0.25) is 0 Å². The van der Waals surface area contributed by atoms with Crippen molar-refractivity contribution < 1.29 is 9.53 Å². The third-order valence-electron chi connectivity index (χ3n) is 4.60. The van der Waals surface area contributed by atoms with Gasteiger partial charge in [-0.2, -0.15) is 0 Å². The molecule has 0 radical (unpaired) electrons. The summed E-state index contributed by atoms with van der Waals surface area (Å²) in [6, 6.07) is 22.6. The van der Waals surface area contributed by atoms with E-state index >= 15 is 0 Å². The zero-order valence-electron chi connectivity index (χ0n) is 13.8. The minimum Gasteiger partial charge on any atom is -0.421 e. The first-order valence-corrected chi connectivity index (χ1v) is 9.27. The van der Waals surface area contributed by atoms with Crippen molar-refractivity contribution in [1.29, 1.82) is 0 Å². The van der Waals surface area contributed by atoms with Crippen LogP contribution in [-0.2, 0) is 9.53 Å². The van der Waals surface area contributed by atoms with Crippen molar-refractivity contribution in [3.8, 4) is 0 Å². The highest BCUT2D eigenvalue weighted by atomic mass is 32.1. The molecule has 3 aromatic carbocycles. The van der Waals surface area contributed by atoms with E-state index in [9.17, 15) is 4.79 Å². The third kappa shape index (κ3) is 2.45. The summed E-state index contributed by atoms with van der Waals surface area (Å²) in [5.41, 5.74) is 1.63. The molecule has 0 bridgehead atoms. The number of ether oxygens (including phenoxy) is 1. The summed E-state index contributed by atoms with van der Waals surface area (Å²) in [5.74, 6) is 0.325. The first-order chi connectivity index (χ1) is 12.8. The van der Waals surface area contributed by atoms with Crippen LogP contribution in [0.2, 0.25) is 0 Å². The van der Waals surface area contributed by atoms with Crippen LogP contribution >= 0.6 is 11.3 Å². The second kappa shape index (κ2) is 5.97. The Bertz CT molecular complexity index is 1160. The number of esters is 1. The molecule has 1 aliphatic heterocycles. The predicted molar refractivity (Wildman–Crippen MR) is 108 cm³/mol. The molecule has 3 heteroatoms. The van der Waals surface area contributed by atoms with E-state index in [0.29, 0.717) is 11.3 Å². The van der Waals surface area contributed by atoms with Gasteiger partial charge in [-0.1, -0.05) is 54.6 Å². The first-order valence-electron chi connectivity index (χ1n) is 8.39. The van der Waals surface area contributed by atoms with Gasteiger partial charge in [0.15, 0.2) is 0 Å². The zero-order chi connectivity index (χ0) is 17.5. The van der Waals surface area contributed by atoms with Gasteiger partial charge in [0.05, 0.1) is 10.5 Å². The molecule has 1 aliphatic rings. The van der Waals surface area contributed by atoms with Crippen LogP contribution in [-0.4, -0.2) is 5.97 Å². The van der Waals surface area contributed by atoms with E-state index in [1.165, 1.54) is 0 Å². The summed E-state index contributed by atoms with van der Waals surface area (Å²) in [4.78, 5) is 13.4. The molecule has 0 N–H and O–H groups in total. The van der Waals surface area contributed by atoms with Gasteiger partial charge in [-0.05, 0) is 56.8 Å². The molecule has 0 spiro atoms. The van der Waals surface area contributed by atoms with Crippen LogP contribution in [0.5, 0.6) is 0 Å². The standard InChI is InChI=1S/C23H14O2S/c24-23-17(14-21(25-23)22-10-5-11-26-22)13-20-18-8-3-1-6-15(18)12-16-7-2-4-9-19(16)20/h1-14H/b17-13+. The summed E-state index contributed by atoms with van der Waals surface area (Å²) in [6.45, 7) is 0. The molecule has 0 atom stereocenters. The van der Waals surface area contributed by atoms with Gasteiger partial charge in [-0.25, -0.2) is 4.79 Å². The van der Waals surface area contributed by atoms with Crippen molar-refractivity contribution in [2.45, 2.75) is 0 Å². The molecule has 5 rings (SSSR count). The van der Waals surface area contributed by atoms with E-state index in [1.54, 1.807) is 11.3 Å². The molecule has 2 heterocycles. The maximum absolute atomic E-state index is 12.4. The van der Waals surface area contributed by atoms with Crippen LogP contribution < -0.4 is 0 Å². The lowest BCUT2D eigenvalue weighted by Crippen LogP contribution is -1.97. The fourth-order valence-electron chi connectivity index (χ4n) is 3.39. The molecule has 0 amide bonds. The van der Waals surface area contributed by atoms with Crippen LogP contribution in [0.25, 0.3) is 33.4 Å². The highest BCUT2D eigenvalue weighted by Gasteiger charge is 2.23. The van der Waals surface area contributed by atoms with Crippen molar-refractivity contribution >= 4 is 50.7 Å². The number of benzene rings is 3. The van der Waals surface area contributed by atoms with Gasteiger partial charge in [0.1, 0.15) is 5.76 Å². The van der Waals surface area contributed by atoms with E-state index in [4.69, 9.17) is 4.74 Å². The first kappa shape index (κ1) is 15.1. The van der Waals surface area contributed by atoms with E-state index in [-0.39, 0.29) is 5.97 Å². The average molecular weight is 354 g/mol. The van der Waals surface area contributed by atoms with Gasteiger partial charge in [0.2, 0.25) is 0 Å². The summed E-state index contributed by atoms with van der Waals surface area (Å²) in [6.07, 6.45) is 3.79. The summed E-state index contributed by atoms with van der Waals surface area (Å²) in [5, 5.41) is 6.55. The maximum Gasteiger partial charge on any atom is 0.343 e. The highest BCUT2D eigenvalue weighted by molar-refractivity contribution is 7.11. The van der Waals surface area contributed by atoms with Crippen LogP contribution in [0, 0.1) is 0 Å². The molecule has 124 valence electrons. The molecule has 0 unspecified atom stereocenters. The Labute approximate surface area is 154 Å². The van der Waals surface area contributed by atoms with Crippen molar-refractivity contribution in [1.82, 2.24) is 0 Å². The molecule has 0 fully saturated rings. The highest BCUT2D eigenvalue weighted by Crippen LogP contribution is 2.34. The topological polar surface area (TPSA) is 26.3 Å². The Morgan fingerprint density at radius 1 is 0.846 bits per heavy atom. The van der Waals surface area contributed by atoms with Crippen LogP contribution in [0.4, 0.5) is 0 Å². The van der Waals surface area contributed by atoms with E-state index < -0.39 is 0 Å². The zero-order valence-corrected chi connectivity index (χ0v) is 14.6. The maximum atomic E-state index is 12.4. The number of hydrogen-bond acceptors (Lipinski definition) is 3. The minimum atomic E-state index is -0.301. The average Bonchev–Trinajstić information content (AvgIpc) is 3.32. The van der Waals surface area contributed by atoms with Crippen molar-refractivity contribution in [2.24, 2.45) is 0 Å². The quantitative estimate of drug-likeness (QED) is 0.249. The number of hydrogen-bond donors (Lipinski definition) is 0. The molecule has 2 nitrogen and oxygen atoms in total. The summed E-state index contributed by atoms with van der Waals surface area (Å²) in [7, 11) is 0. The summed E-state index contributed by atoms with van der Waals surface area (Å²) >= 11 is 1.56. The fraction of sp³-hybridized carbons (Fsp3) is 0. The minimum absolute atomic E-state index is 0.301. The fourth-order valence-corrected chi connectivity index (χ4v) is 4.07. The van der Waals surface area contributed by atoms with Gasteiger partial charge in [0.25, 0.3) is 0 Å². The second-order valence-electron chi connectivity index (χ2n) is 6.21. The Balaban J connectivity index is 1.75. The molecule has 26 heavy (non-hydrogen) atoms. The van der Waals surface area contributed by atoms with Crippen LogP contribution in [0.15, 0.2) is 83.8 Å². The Morgan fingerprint density at radius 3 is 2.19 bits per heavy atom.